The Labute approximate surface area is 152 Å². The number of hydrogen-bond donors (Lipinski definition) is 2. The van der Waals surface area contributed by atoms with E-state index in [0.29, 0.717) is 21.5 Å². The molecule has 0 bridgehead atoms. The van der Waals surface area contributed by atoms with E-state index in [1.165, 1.54) is 0 Å². The average molecular weight is 452 g/mol. The molecule has 2 rings (SSSR count). The van der Waals surface area contributed by atoms with Crippen LogP contribution in [0.3, 0.4) is 0 Å². The van der Waals surface area contributed by atoms with Gasteiger partial charge in [0.25, 0.3) is 0 Å². The van der Waals surface area contributed by atoms with Crippen LogP contribution in [0.25, 0.3) is 0 Å². The van der Waals surface area contributed by atoms with Crippen molar-refractivity contribution >= 4 is 38.9 Å². The fourth-order valence-corrected chi connectivity index (χ4v) is 2.36. The minimum absolute atomic E-state index is 0.389. The van der Waals surface area contributed by atoms with E-state index in [1.807, 2.05) is 0 Å². The topological polar surface area (TPSA) is 196 Å². The first-order valence-corrected chi connectivity index (χ1v) is 7.28. The lowest BCUT2D eigenvalue weighted by Crippen LogP contribution is -2.39. The molecule has 0 atom stereocenters. The first kappa shape index (κ1) is 19.0. The number of halogens is 2. The number of hydrogen-bond acceptors (Lipinski definition) is 8. The summed E-state index contributed by atoms with van der Waals surface area (Å²) in [5, 5.41) is 21.7. The Balaban J connectivity index is 2.94. The molecular formula is C10H4BrClN6O8. The maximum Gasteiger partial charge on any atom is 0.350 e. The third-order valence-electron chi connectivity index (χ3n) is 2.87. The van der Waals surface area contributed by atoms with Crippen molar-refractivity contribution in [2.24, 2.45) is 0 Å². The maximum absolute atomic E-state index is 12.0. The normalized spacial score (nSPS) is 10.4. The zero-order valence-corrected chi connectivity index (χ0v) is 14.3. The minimum Gasteiger partial charge on any atom is -0.268 e. The molecule has 0 saturated heterocycles. The Morgan fingerprint density at radius 1 is 0.923 bits per heavy atom. The molecule has 2 aromatic heterocycles. The molecule has 14 nitrogen and oxygen atoms in total. The zero-order chi connectivity index (χ0) is 19.8. The van der Waals surface area contributed by atoms with Crippen LogP contribution in [-0.4, -0.2) is 28.9 Å². The van der Waals surface area contributed by atoms with Crippen LogP contribution in [0.5, 0.6) is 0 Å². The van der Waals surface area contributed by atoms with Gasteiger partial charge in [0.1, 0.15) is 3.94 Å². The van der Waals surface area contributed by atoms with Crippen molar-refractivity contribution in [3.05, 3.63) is 84.1 Å². The van der Waals surface area contributed by atoms with Crippen molar-refractivity contribution in [3.8, 4) is 0 Å². The Morgan fingerprint density at radius 2 is 1.27 bits per heavy atom. The summed E-state index contributed by atoms with van der Waals surface area (Å²) in [5.74, 6) is -0.652. The summed E-state index contributed by atoms with van der Waals surface area (Å²) in [6.07, 6.45) is 0.924. The molecule has 26 heavy (non-hydrogen) atoms. The van der Waals surface area contributed by atoms with Gasteiger partial charge in [-0.3, -0.25) is 39.8 Å². The van der Waals surface area contributed by atoms with Gasteiger partial charge >= 0.3 is 33.9 Å². The highest BCUT2D eigenvalue weighted by atomic mass is 79.9. The van der Waals surface area contributed by atoms with Crippen molar-refractivity contribution in [1.82, 2.24) is 19.1 Å². The fraction of sp³-hybridized carbons (Fsp3) is 0. The summed E-state index contributed by atoms with van der Waals surface area (Å²) >= 11 is 8.50. The van der Waals surface area contributed by atoms with Gasteiger partial charge in [0.05, 0.1) is 22.2 Å². The van der Waals surface area contributed by atoms with Gasteiger partial charge in [-0.15, -0.1) is 0 Å². The van der Waals surface area contributed by atoms with E-state index in [9.17, 15) is 39.4 Å². The molecule has 2 aromatic rings. The molecule has 16 heteroatoms. The quantitative estimate of drug-likeness (QED) is 0.448. The van der Waals surface area contributed by atoms with E-state index >= 15 is 0 Å². The van der Waals surface area contributed by atoms with Gasteiger partial charge in [-0.25, -0.2) is 18.7 Å². The smallest absolute Gasteiger partial charge is 0.268 e. The highest BCUT2D eigenvalue weighted by Gasteiger charge is 2.23. The second kappa shape index (κ2) is 6.89. The molecule has 2 N–H and O–H groups in total. The number of nitrogens with zero attached hydrogens (tertiary/aromatic N) is 4. The molecule has 2 heterocycles. The van der Waals surface area contributed by atoms with Crippen LogP contribution >= 0.6 is 27.5 Å². The zero-order valence-electron chi connectivity index (χ0n) is 12.0. The van der Waals surface area contributed by atoms with Crippen molar-refractivity contribution in [1.29, 1.82) is 0 Å². The Bertz CT molecular complexity index is 1110. The summed E-state index contributed by atoms with van der Waals surface area (Å²) in [5.41, 5.74) is -7.26. The molecule has 0 aliphatic heterocycles. The van der Waals surface area contributed by atoms with Crippen LogP contribution in [0, 0.1) is 26.0 Å². The Hall–Kier alpha value is -3.33. The van der Waals surface area contributed by atoms with Crippen molar-refractivity contribution in [2.75, 3.05) is 0 Å². The molecule has 0 aliphatic carbocycles. The average Bonchev–Trinajstić information content (AvgIpc) is 2.50. The lowest BCUT2D eigenvalue weighted by atomic mass is 10.5. The second-order valence-corrected chi connectivity index (χ2v) is 6.01. The van der Waals surface area contributed by atoms with Gasteiger partial charge in [0, 0.05) is 0 Å². The molecule has 0 saturated carbocycles. The number of rotatable bonds is 4. The van der Waals surface area contributed by atoms with Crippen LogP contribution in [-0.2, 0) is 0 Å². The predicted molar refractivity (Wildman–Crippen MR) is 88.3 cm³/mol. The summed E-state index contributed by atoms with van der Waals surface area (Å²) < 4.78 is 0.282. The minimum atomic E-state index is -1.32. The summed E-state index contributed by atoms with van der Waals surface area (Å²) in [4.78, 5) is 69.7. The number of aromatic amines is 2. The molecule has 0 radical (unpaired) electrons. The van der Waals surface area contributed by atoms with Gasteiger partial charge in [-0.1, -0.05) is 11.6 Å². The van der Waals surface area contributed by atoms with Gasteiger partial charge in [-0.2, -0.15) is 0 Å². The number of aromatic nitrogens is 4. The second-order valence-electron chi connectivity index (χ2n) is 4.39. The van der Waals surface area contributed by atoms with Crippen LogP contribution in [0.2, 0.25) is 0 Å². The van der Waals surface area contributed by atoms with Crippen LogP contribution < -0.4 is 22.5 Å². The fourth-order valence-electron chi connectivity index (χ4n) is 1.79. The van der Waals surface area contributed by atoms with E-state index in [2.05, 4.69) is 15.9 Å². The number of H-pyrrole nitrogens is 2. The lowest BCUT2D eigenvalue weighted by Gasteiger charge is -2.12. The standard InChI is InChI=1S/C10H4BrClN6O8/c11-5(12)8(15-1-3(17(23)24)6(19)13-9(15)21)16-2-4(18(25)26)7(20)14-10(16)22/h1-2H,(H,13,19,21)(H,14,20,22). The van der Waals surface area contributed by atoms with E-state index in [4.69, 9.17) is 11.6 Å². The Kier molecular flexibility index (Phi) is 5.03. The van der Waals surface area contributed by atoms with Crippen LogP contribution in [0.1, 0.15) is 0 Å². The molecule has 0 aliphatic rings. The highest BCUT2D eigenvalue weighted by molar-refractivity contribution is 9.12. The van der Waals surface area contributed by atoms with Crippen molar-refractivity contribution < 1.29 is 9.85 Å². The molecule has 0 spiro atoms. The third-order valence-corrected chi connectivity index (χ3v) is 3.39. The van der Waals surface area contributed by atoms with E-state index < -0.39 is 53.5 Å². The first-order chi connectivity index (χ1) is 12.0. The van der Waals surface area contributed by atoms with Gasteiger partial charge in [-0.05, 0) is 15.9 Å². The van der Waals surface area contributed by atoms with Crippen molar-refractivity contribution in [2.45, 2.75) is 0 Å². The van der Waals surface area contributed by atoms with E-state index in [0.717, 1.165) is 0 Å². The summed E-state index contributed by atoms with van der Waals surface area (Å²) in [6.45, 7) is 0. The van der Waals surface area contributed by atoms with Crippen LogP contribution in [0.15, 0.2) is 35.5 Å². The molecule has 0 aromatic carbocycles. The molecule has 0 amide bonds. The third kappa shape index (κ3) is 3.38. The lowest BCUT2D eigenvalue weighted by molar-refractivity contribution is -0.386. The number of nitro groups is 2. The largest absolute Gasteiger partial charge is 0.350 e. The van der Waals surface area contributed by atoms with Gasteiger partial charge in [0.15, 0.2) is 5.82 Å². The van der Waals surface area contributed by atoms with E-state index in [-0.39, 0.29) is 0 Å². The number of nitrogens with one attached hydrogen (secondary N) is 2. The Morgan fingerprint density at radius 3 is 1.54 bits per heavy atom. The maximum atomic E-state index is 12.0. The molecule has 0 unspecified atom stereocenters. The van der Waals surface area contributed by atoms with Gasteiger partial charge < -0.3 is 0 Å². The van der Waals surface area contributed by atoms with E-state index in [1.54, 1.807) is 9.97 Å². The summed E-state index contributed by atoms with van der Waals surface area (Å²) in [7, 11) is 0. The summed E-state index contributed by atoms with van der Waals surface area (Å²) in [6, 6.07) is 0. The SMILES string of the molecule is O=c1[nH]c(=O)n(C(=C(Cl)Br)n2cc([N+](=O)[O-])c(=O)[nH]c2=O)cc1[N+](=O)[O-]. The molecular weight excluding hydrogens is 448 g/mol. The first-order valence-electron chi connectivity index (χ1n) is 6.11. The van der Waals surface area contributed by atoms with Crippen LogP contribution in [0.4, 0.5) is 11.4 Å². The highest BCUT2D eigenvalue weighted by Crippen LogP contribution is 2.18. The predicted octanol–water partition coefficient (Wildman–Crippen LogP) is -0.714. The van der Waals surface area contributed by atoms with Crippen molar-refractivity contribution in [3.63, 3.8) is 0 Å². The monoisotopic (exact) mass is 450 g/mol. The molecule has 136 valence electrons. The van der Waals surface area contributed by atoms with Gasteiger partial charge in [0.2, 0.25) is 0 Å². The molecule has 0 fully saturated rings.